The molecule has 4 heterocycles. The highest BCUT2D eigenvalue weighted by molar-refractivity contribution is 5.83. The molecule has 4 rings (SSSR count). The summed E-state index contributed by atoms with van der Waals surface area (Å²) >= 11 is 0. The number of halogens is 3. The number of fused-ring (bicyclic) bond motifs is 3. The molecule has 0 radical (unpaired) electrons. The van der Waals surface area contributed by atoms with E-state index in [1.54, 1.807) is 11.2 Å². The van der Waals surface area contributed by atoms with Crippen LogP contribution in [0.5, 0.6) is 0 Å². The zero-order valence-electron chi connectivity index (χ0n) is 15.2. The van der Waals surface area contributed by atoms with Crippen molar-refractivity contribution in [2.24, 2.45) is 0 Å². The molecule has 2 aliphatic rings. The van der Waals surface area contributed by atoms with Gasteiger partial charge in [0.05, 0.1) is 12.9 Å². The van der Waals surface area contributed by atoms with E-state index in [0.29, 0.717) is 18.6 Å². The van der Waals surface area contributed by atoms with Gasteiger partial charge in [-0.15, -0.1) is 0 Å². The fraction of sp³-hybridized carbons (Fsp3) is 0.706. The molecule has 2 atom stereocenters. The van der Waals surface area contributed by atoms with Crippen molar-refractivity contribution in [2.75, 3.05) is 24.5 Å². The Hall–Kier alpha value is -1.90. The van der Waals surface area contributed by atoms with Crippen LogP contribution in [0.15, 0.2) is 12.7 Å². The van der Waals surface area contributed by atoms with Gasteiger partial charge in [0.15, 0.2) is 17.0 Å². The highest BCUT2D eigenvalue weighted by Gasteiger charge is 2.45. The minimum absolute atomic E-state index is 0.0925. The van der Waals surface area contributed by atoms with Gasteiger partial charge in [-0.2, -0.15) is 13.2 Å². The Morgan fingerprint density at radius 2 is 1.69 bits per heavy atom. The Morgan fingerprint density at radius 1 is 1.04 bits per heavy atom. The zero-order valence-corrected chi connectivity index (χ0v) is 15.2. The molecule has 142 valence electrons. The summed E-state index contributed by atoms with van der Waals surface area (Å²) in [5.74, 6) is 0.724. The van der Waals surface area contributed by atoms with Crippen molar-refractivity contribution >= 4 is 17.0 Å². The van der Waals surface area contributed by atoms with Crippen LogP contribution >= 0.6 is 0 Å². The molecule has 0 N–H and O–H groups in total. The molecule has 2 unspecified atom stereocenters. The molecule has 0 aliphatic carbocycles. The van der Waals surface area contributed by atoms with E-state index >= 15 is 0 Å². The standard InChI is InChI=1S/C17H23F3N6/c1-16(2,3)26-10-23-13-14(21-9-22-15(13)26)24-6-11-4-5-12(7-24)25(11)8-17(18,19)20/h9-12H,4-8H2,1-3H3. The van der Waals surface area contributed by atoms with Gasteiger partial charge in [0.2, 0.25) is 0 Å². The van der Waals surface area contributed by atoms with Gasteiger partial charge in [0, 0.05) is 30.7 Å². The third kappa shape index (κ3) is 3.02. The molecular formula is C17H23F3N6. The quantitative estimate of drug-likeness (QED) is 0.816. The van der Waals surface area contributed by atoms with Crippen molar-refractivity contribution in [3.8, 4) is 0 Å². The second-order valence-electron chi connectivity index (χ2n) is 8.23. The number of aromatic nitrogens is 4. The lowest BCUT2D eigenvalue weighted by Crippen LogP contribution is -2.56. The number of rotatable bonds is 2. The van der Waals surface area contributed by atoms with Gasteiger partial charge in [0.25, 0.3) is 0 Å². The molecule has 0 saturated carbocycles. The van der Waals surface area contributed by atoms with Gasteiger partial charge in [-0.25, -0.2) is 15.0 Å². The van der Waals surface area contributed by atoms with E-state index in [1.807, 2.05) is 4.57 Å². The molecule has 0 amide bonds. The van der Waals surface area contributed by atoms with Gasteiger partial charge in [-0.1, -0.05) is 0 Å². The van der Waals surface area contributed by atoms with Crippen LogP contribution < -0.4 is 4.90 Å². The average molecular weight is 368 g/mol. The first-order valence-electron chi connectivity index (χ1n) is 8.89. The van der Waals surface area contributed by atoms with Crippen molar-refractivity contribution < 1.29 is 13.2 Å². The lowest BCUT2D eigenvalue weighted by Gasteiger charge is -2.41. The van der Waals surface area contributed by atoms with Crippen LogP contribution in [0.25, 0.3) is 11.2 Å². The first-order valence-corrected chi connectivity index (χ1v) is 8.89. The molecule has 6 nitrogen and oxygen atoms in total. The Labute approximate surface area is 150 Å². The van der Waals surface area contributed by atoms with E-state index in [-0.39, 0.29) is 17.6 Å². The Balaban J connectivity index is 1.63. The predicted octanol–water partition coefficient (Wildman–Crippen LogP) is 2.80. The number of piperazine rings is 1. The fourth-order valence-electron chi connectivity index (χ4n) is 4.17. The van der Waals surface area contributed by atoms with Crippen LogP contribution in [-0.2, 0) is 5.54 Å². The number of nitrogens with zero attached hydrogens (tertiary/aromatic N) is 6. The molecule has 26 heavy (non-hydrogen) atoms. The lowest BCUT2D eigenvalue weighted by atomic mass is 10.1. The molecule has 2 fully saturated rings. The van der Waals surface area contributed by atoms with Crippen LogP contribution in [0.1, 0.15) is 33.6 Å². The SMILES string of the molecule is CC(C)(C)n1cnc2c(N3CC4CCC(C3)N4CC(F)(F)F)ncnc21. The first-order chi connectivity index (χ1) is 12.1. The highest BCUT2D eigenvalue weighted by Crippen LogP contribution is 2.36. The number of alkyl halides is 3. The second-order valence-corrected chi connectivity index (χ2v) is 8.23. The monoisotopic (exact) mass is 368 g/mol. The largest absolute Gasteiger partial charge is 0.401 e. The molecule has 9 heteroatoms. The minimum Gasteiger partial charge on any atom is -0.352 e. The van der Waals surface area contributed by atoms with Crippen LogP contribution in [0, 0.1) is 0 Å². The summed E-state index contributed by atoms with van der Waals surface area (Å²) < 4.78 is 40.6. The van der Waals surface area contributed by atoms with E-state index in [1.165, 1.54) is 6.33 Å². The van der Waals surface area contributed by atoms with E-state index in [4.69, 9.17) is 0 Å². The minimum atomic E-state index is -4.16. The summed E-state index contributed by atoms with van der Waals surface area (Å²) in [6, 6.07) is -0.185. The average Bonchev–Trinajstić information content (AvgIpc) is 3.03. The molecule has 2 aromatic heterocycles. The van der Waals surface area contributed by atoms with Crippen LogP contribution in [0.4, 0.5) is 19.0 Å². The van der Waals surface area contributed by atoms with Gasteiger partial charge < -0.3 is 9.47 Å². The lowest BCUT2D eigenvalue weighted by molar-refractivity contribution is -0.153. The highest BCUT2D eigenvalue weighted by atomic mass is 19.4. The predicted molar refractivity (Wildman–Crippen MR) is 92.1 cm³/mol. The van der Waals surface area contributed by atoms with Crippen LogP contribution in [0.3, 0.4) is 0 Å². The van der Waals surface area contributed by atoms with Crippen molar-refractivity contribution in [3.63, 3.8) is 0 Å². The van der Waals surface area contributed by atoms with Crippen LogP contribution in [0.2, 0.25) is 0 Å². The van der Waals surface area contributed by atoms with Crippen molar-refractivity contribution in [2.45, 2.75) is 57.4 Å². The normalized spacial score (nSPS) is 24.6. The van der Waals surface area contributed by atoms with E-state index in [2.05, 4.69) is 40.6 Å². The number of anilines is 1. The fourth-order valence-corrected chi connectivity index (χ4v) is 4.17. The molecule has 0 spiro atoms. The Kier molecular flexibility index (Phi) is 3.91. The smallest absolute Gasteiger partial charge is 0.352 e. The summed E-state index contributed by atoms with van der Waals surface area (Å²) in [6.07, 6.45) is 0.712. The van der Waals surface area contributed by atoms with E-state index in [9.17, 15) is 13.2 Å². The Morgan fingerprint density at radius 3 is 2.27 bits per heavy atom. The van der Waals surface area contributed by atoms with Gasteiger partial charge in [0.1, 0.15) is 6.33 Å². The molecule has 0 aromatic carbocycles. The Bertz CT molecular complexity index is 795. The summed E-state index contributed by atoms with van der Waals surface area (Å²) in [4.78, 5) is 17.0. The molecule has 2 aliphatic heterocycles. The maximum absolute atomic E-state index is 12.9. The maximum atomic E-state index is 12.9. The van der Waals surface area contributed by atoms with Crippen molar-refractivity contribution in [1.29, 1.82) is 0 Å². The molecule has 2 bridgehead atoms. The molecular weight excluding hydrogens is 345 g/mol. The third-order valence-electron chi connectivity index (χ3n) is 5.33. The maximum Gasteiger partial charge on any atom is 0.401 e. The van der Waals surface area contributed by atoms with Crippen molar-refractivity contribution in [1.82, 2.24) is 24.4 Å². The number of imidazole rings is 1. The van der Waals surface area contributed by atoms with E-state index in [0.717, 1.165) is 24.3 Å². The second kappa shape index (κ2) is 5.80. The first kappa shape index (κ1) is 17.5. The molecule has 2 saturated heterocycles. The van der Waals surface area contributed by atoms with Crippen LogP contribution in [-0.4, -0.2) is 62.3 Å². The summed E-state index contributed by atoms with van der Waals surface area (Å²) in [5.41, 5.74) is 1.31. The summed E-state index contributed by atoms with van der Waals surface area (Å²) in [7, 11) is 0. The van der Waals surface area contributed by atoms with E-state index < -0.39 is 12.7 Å². The third-order valence-corrected chi connectivity index (χ3v) is 5.33. The topological polar surface area (TPSA) is 50.1 Å². The van der Waals surface area contributed by atoms with Gasteiger partial charge >= 0.3 is 6.18 Å². The van der Waals surface area contributed by atoms with Gasteiger partial charge in [-0.05, 0) is 33.6 Å². The number of hydrogen-bond donors (Lipinski definition) is 0. The zero-order chi connectivity index (χ0) is 18.7. The summed E-state index contributed by atoms with van der Waals surface area (Å²) in [6.45, 7) is 6.49. The number of hydrogen-bond acceptors (Lipinski definition) is 5. The van der Waals surface area contributed by atoms with Crippen molar-refractivity contribution in [3.05, 3.63) is 12.7 Å². The molecule has 2 aromatic rings. The summed E-state index contributed by atoms with van der Waals surface area (Å²) in [5, 5.41) is 0. The van der Waals surface area contributed by atoms with Gasteiger partial charge in [-0.3, -0.25) is 4.90 Å².